The molecular formula is C9H13FLiN2O14P3. The number of aromatic nitrogens is 2. The van der Waals surface area contributed by atoms with Gasteiger partial charge in [-0.1, -0.05) is 0 Å². The molecule has 1 aromatic heterocycles. The van der Waals surface area contributed by atoms with E-state index in [2.05, 4.69) is 18.1 Å². The molecule has 0 amide bonds. The van der Waals surface area contributed by atoms with Gasteiger partial charge < -0.3 is 34.5 Å². The van der Waals surface area contributed by atoms with Crippen molar-refractivity contribution < 1.29 is 84.6 Å². The van der Waals surface area contributed by atoms with Crippen LogP contribution in [0, 0.1) is 0 Å². The summed E-state index contributed by atoms with van der Waals surface area (Å²) in [5.41, 5.74) is -1.20. The van der Waals surface area contributed by atoms with Crippen LogP contribution >= 0.6 is 23.5 Å². The van der Waals surface area contributed by atoms with Crippen LogP contribution in [-0.4, -0.2) is 59.2 Å². The first kappa shape index (κ1) is 27.6. The Kier molecular flexibility index (Phi) is 9.18. The number of hydrogen-bond donors (Lipinski definition) is 5. The second kappa shape index (κ2) is 9.99. The van der Waals surface area contributed by atoms with Gasteiger partial charge in [0.1, 0.15) is 12.2 Å². The zero-order valence-corrected chi connectivity index (χ0v) is 17.4. The van der Waals surface area contributed by atoms with E-state index in [1.54, 1.807) is 0 Å². The molecule has 1 aliphatic heterocycles. The van der Waals surface area contributed by atoms with E-state index in [1.165, 1.54) is 0 Å². The van der Waals surface area contributed by atoms with Crippen LogP contribution < -0.4 is 29.7 Å². The molecule has 0 bridgehead atoms. The molecule has 0 saturated carbocycles. The van der Waals surface area contributed by atoms with Crippen LogP contribution in [-0.2, 0) is 31.6 Å². The molecule has 1 fully saturated rings. The van der Waals surface area contributed by atoms with Gasteiger partial charge in [-0.3, -0.25) is 9.09 Å². The van der Waals surface area contributed by atoms with E-state index in [1.807, 2.05) is 0 Å². The van der Waals surface area contributed by atoms with E-state index >= 15 is 0 Å². The van der Waals surface area contributed by atoms with Gasteiger partial charge in [-0.15, -0.1) is 0 Å². The number of halogens is 1. The van der Waals surface area contributed by atoms with Gasteiger partial charge in [-0.2, -0.15) is 8.62 Å². The molecule has 2 rings (SSSR count). The van der Waals surface area contributed by atoms with Crippen molar-refractivity contribution in [3.05, 3.63) is 22.7 Å². The van der Waals surface area contributed by atoms with Crippen molar-refractivity contribution in [2.45, 2.75) is 24.6 Å². The molecule has 6 atom stereocenters. The maximum atomic E-state index is 14.2. The largest absolute Gasteiger partial charge is 1.00 e. The second-order valence-corrected chi connectivity index (χ2v) is 9.76. The maximum absolute atomic E-state index is 14.2. The van der Waals surface area contributed by atoms with E-state index < -0.39 is 66.3 Å². The molecule has 21 heteroatoms. The number of aliphatic hydroxyl groups is 1. The number of rotatable bonds is 8. The Hall–Kier alpha value is -0.463. The van der Waals surface area contributed by atoms with Crippen molar-refractivity contribution in [1.82, 2.24) is 9.55 Å². The Morgan fingerprint density at radius 2 is 1.80 bits per heavy atom. The molecule has 30 heavy (non-hydrogen) atoms. The van der Waals surface area contributed by atoms with Gasteiger partial charge >= 0.3 is 48.0 Å². The van der Waals surface area contributed by atoms with Crippen LogP contribution in [0.4, 0.5) is 4.39 Å². The summed E-state index contributed by atoms with van der Waals surface area (Å²) in [6.45, 7) is -1.14. The van der Waals surface area contributed by atoms with E-state index in [-0.39, 0.29) is 18.9 Å². The van der Waals surface area contributed by atoms with Crippen molar-refractivity contribution >= 4 is 23.5 Å². The summed E-state index contributed by atoms with van der Waals surface area (Å²) in [7, 11) is -16.9. The third kappa shape index (κ3) is 7.59. The second-order valence-electron chi connectivity index (χ2n) is 5.34. The monoisotopic (exact) mass is 492 g/mol. The van der Waals surface area contributed by atoms with Gasteiger partial charge in [0.15, 0.2) is 12.4 Å². The van der Waals surface area contributed by atoms with Crippen molar-refractivity contribution in [3.8, 4) is 5.88 Å². The molecule has 166 valence electrons. The zero-order valence-electron chi connectivity index (χ0n) is 14.7. The molecule has 0 radical (unpaired) electrons. The topological polar surface area (TPSA) is 247 Å². The average molecular weight is 492 g/mol. The number of hydrogen-bond acceptors (Lipinski definition) is 11. The molecular weight excluding hydrogens is 479 g/mol. The van der Waals surface area contributed by atoms with Gasteiger partial charge in [0.25, 0.3) is 0 Å². The van der Waals surface area contributed by atoms with Gasteiger partial charge in [0.2, 0.25) is 0 Å². The van der Waals surface area contributed by atoms with Crippen molar-refractivity contribution in [1.29, 1.82) is 0 Å². The van der Waals surface area contributed by atoms with Crippen molar-refractivity contribution in [3.63, 3.8) is 0 Å². The molecule has 2 unspecified atom stereocenters. The van der Waals surface area contributed by atoms with Crippen LogP contribution in [0.15, 0.2) is 17.1 Å². The minimum absolute atomic E-state index is 0. The maximum Gasteiger partial charge on any atom is 1.00 e. The Bertz CT molecular complexity index is 955. The minimum Gasteiger partial charge on any atom is -0.858 e. The van der Waals surface area contributed by atoms with Crippen molar-refractivity contribution in [2.24, 2.45) is 0 Å². The van der Waals surface area contributed by atoms with Gasteiger partial charge in [-0.25, -0.2) is 27.9 Å². The Morgan fingerprint density at radius 1 is 1.20 bits per heavy atom. The summed E-state index contributed by atoms with van der Waals surface area (Å²) in [4.78, 5) is 49.8. The van der Waals surface area contributed by atoms with Crippen LogP contribution in [0.5, 0.6) is 5.88 Å². The molecule has 1 aliphatic rings. The third-order valence-corrected chi connectivity index (χ3v) is 6.99. The summed E-state index contributed by atoms with van der Waals surface area (Å²) in [6, 6.07) is 0.809. The Morgan fingerprint density at radius 3 is 2.33 bits per heavy atom. The first-order chi connectivity index (χ1) is 13.1. The quantitative estimate of drug-likeness (QED) is 0.169. The van der Waals surface area contributed by atoms with E-state index in [0.717, 1.165) is 12.3 Å². The number of nitrogens with zero attached hydrogens (tertiary/aromatic N) is 2. The van der Waals surface area contributed by atoms with Crippen LogP contribution in [0.25, 0.3) is 0 Å². The van der Waals surface area contributed by atoms with E-state index in [0.29, 0.717) is 4.57 Å². The molecule has 1 saturated heterocycles. The molecule has 0 spiro atoms. The number of ether oxygens (including phenoxy) is 1. The van der Waals surface area contributed by atoms with E-state index in [4.69, 9.17) is 19.4 Å². The summed E-state index contributed by atoms with van der Waals surface area (Å²) in [5.74, 6) is -0.913. The number of phosphoric ester groups is 1. The van der Waals surface area contributed by atoms with Gasteiger partial charge in [0.05, 0.1) is 6.61 Å². The third-order valence-electron chi connectivity index (χ3n) is 3.19. The van der Waals surface area contributed by atoms with Crippen LogP contribution in [0.3, 0.4) is 0 Å². The fourth-order valence-electron chi connectivity index (χ4n) is 2.13. The van der Waals surface area contributed by atoms with Crippen molar-refractivity contribution in [2.75, 3.05) is 6.61 Å². The Labute approximate surface area is 177 Å². The average Bonchev–Trinajstić information content (AvgIpc) is 2.78. The number of aliphatic hydroxyl groups excluding tert-OH is 1. The fraction of sp³-hybridized carbons (Fsp3) is 0.556. The predicted octanol–water partition coefficient (Wildman–Crippen LogP) is -4.74. The molecule has 5 N–H and O–H groups in total. The smallest absolute Gasteiger partial charge is 0.858 e. The minimum atomic E-state index is -5.76. The fourth-order valence-corrected chi connectivity index (χ4v) is 5.16. The van der Waals surface area contributed by atoms with E-state index in [9.17, 15) is 38.0 Å². The Balaban J connectivity index is 0.00000450. The standard InChI is InChI=1S/C9H14FN2O14P3.Li/c10-6-7(14)4(24-8(6)12-2-1-5(13)11-9(12)15)3-23-28(19,20)26-29(21,22)25-27(16,17)18;/h1-2,4,6-8,14H,3H2,(H,19,20)(H,21,22)(H,11,13,15)(H2,16,17,18);/q;+1/p-1/t4-,6-,7-,8-;/m1./s1. The molecule has 0 aromatic carbocycles. The normalized spacial score (nSPS) is 28.3. The number of phosphoric acid groups is 3. The van der Waals surface area contributed by atoms with Crippen LogP contribution in [0.2, 0.25) is 0 Å². The molecule has 16 nitrogen and oxygen atoms in total. The zero-order chi connectivity index (χ0) is 22.2. The van der Waals surface area contributed by atoms with Gasteiger partial charge in [-0.05, 0) is 11.9 Å². The molecule has 1 aromatic rings. The summed E-state index contributed by atoms with van der Waals surface area (Å²) >= 11 is 0. The summed E-state index contributed by atoms with van der Waals surface area (Å²) in [6.07, 6.45) is -6.96. The first-order valence-electron chi connectivity index (χ1n) is 7.12. The summed E-state index contributed by atoms with van der Waals surface area (Å²) < 4.78 is 64.3. The van der Waals surface area contributed by atoms with Crippen LogP contribution in [0.1, 0.15) is 6.23 Å². The SMILES string of the molecule is O=c1nc([O-])ccn1[C@@H]1O[C@H](COP(=O)(O)OP(=O)(O)OP(=O)(O)O)[C@@H](O)[C@H]1F.[Li+]. The molecule has 0 aliphatic carbocycles. The van der Waals surface area contributed by atoms with Gasteiger partial charge in [0, 0.05) is 6.20 Å². The number of alkyl halides is 1. The summed E-state index contributed by atoms with van der Waals surface area (Å²) in [5, 5.41) is 20.8. The predicted molar refractivity (Wildman–Crippen MR) is 82.6 cm³/mol. The molecule has 2 heterocycles. The first-order valence-corrected chi connectivity index (χ1v) is 11.6.